The fourth-order valence-electron chi connectivity index (χ4n) is 1.49. The number of carboxylic acids is 1. The summed E-state index contributed by atoms with van der Waals surface area (Å²) < 4.78 is 1.15. The maximum Gasteiger partial charge on any atom is 0.325 e. The van der Waals surface area contributed by atoms with E-state index in [0.717, 1.165) is 4.68 Å². The van der Waals surface area contributed by atoms with Crippen molar-refractivity contribution in [3.63, 3.8) is 0 Å². The standard InChI is InChI=1S/C12H9Cl2N3O3/c13-7-1-2-9(8(14)5-7)15-12(20)10-3-4-17(16-10)6-11(18)19/h1-5H,6H2,(H,15,20)(H,18,19). The van der Waals surface area contributed by atoms with Gasteiger partial charge in [0.15, 0.2) is 5.69 Å². The van der Waals surface area contributed by atoms with Gasteiger partial charge in [-0.05, 0) is 24.3 Å². The molecule has 104 valence electrons. The van der Waals surface area contributed by atoms with E-state index in [1.807, 2.05) is 0 Å². The highest BCUT2D eigenvalue weighted by Gasteiger charge is 2.12. The van der Waals surface area contributed by atoms with Gasteiger partial charge in [-0.1, -0.05) is 23.2 Å². The molecular formula is C12H9Cl2N3O3. The number of hydrogen-bond acceptors (Lipinski definition) is 3. The van der Waals surface area contributed by atoms with Crippen LogP contribution in [0.1, 0.15) is 10.5 Å². The van der Waals surface area contributed by atoms with Crippen LogP contribution in [-0.4, -0.2) is 26.8 Å². The summed E-state index contributed by atoms with van der Waals surface area (Å²) in [6.45, 7) is -0.311. The molecule has 1 amide bonds. The molecule has 0 aliphatic carbocycles. The zero-order valence-corrected chi connectivity index (χ0v) is 11.5. The maximum absolute atomic E-state index is 11.9. The van der Waals surface area contributed by atoms with Gasteiger partial charge in [0.05, 0.1) is 10.7 Å². The van der Waals surface area contributed by atoms with Crippen molar-refractivity contribution in [2.75, 3.05) is 5.32 Å². The number of benzene rings is 1. The van der Waals surface area contributed by atoms with Gasteiger partial charge in [0.1, 0.15) is 6.54 Å². The number of nitrogens with one attached hydrogen (secondary N) is 1. The van der Waals surface area contributed by atoms with Crippen molar-refractivity contribution in [3.05, 3.63) is 46.2 Å². The lowest BCUT2D eigenvalue weighted by Gasteiger charge is -2.05. The Morgan fingerprint density at radius 3 is 2.70 bits per heavy atom. The van der Waals surface area contributed by atoms with Gasteiger partial charge in [0, 0.05) is 11.2 Å². The van der Waals surface area contributed by atoms with Gasteiger partial charge < -0.3 is 10.4 Å². The van der Waals surface area contributed by atoms with Gasteiger partial charge >= 0.3 is 5.97 Å². The minimum Gasteiger partial charge on any atom is -0.480 e. The third-order valence-electron chi connectivity index (χ3n) is 2.35. The van der Waals surface area contributed by atoms with Crippen molar-refractivity contribution in [1.29, 1.82) is 0 Å². The molecule has 0 unspecified atom stereocenters. The second-order valence-corrected chi connectivity index (χ2v) is 4.71. The van der Waals surface area contributed by atoms with Crippen LogP contribution in [0.15, 0.2) is 30.5 Å². The summed E-state index contributed by atoms with van der Waals surface area (Å²) in [5.41, 5.74) is 0.492. The molecular weight excluding hydrogens is 305 g/mol. The molecule has 6 nitrogen and oxygen atoms in total. The first-order chi connectivity index (χ1) is 9.45. The Bertz CT molecular complexity index is 670. The lowest BCUT2D eigenvalue weighted by molar-refractivity contribution is -0.137. The van der Waals surface area contributed by atoms with Gasteiger partial charge in [-0.2, -0.15) is 5.10 Å². The second kappa shape index (κ2) is 5.94. The molecule has 0 aliphatic heterocycles. The normalized spacial score (nSPS) is 10.3. The Labute approximate surface area is 123 Å². The number of carboxylic acid groups (broad SMARTS) is 1. The van der Waals surface area contributed by atoms with E-state index in [1.54, 1.807) is 12.1 Å². The number of amides is 1. The highest BCUT2D eigenvalue weighted by Crippen LogP contribution is 2.25. The second-order valence-electron chi connectivity index (χ2n) is 3.87. The lowest BCUT2D eigenvalue weighted by atomic mass is 10.3. The van der Waals surface area contributed by atoms with Crippen LogP contribution in [0.4, 0.5) is 5.69 Å². The van der Waals surface area contributed by atoms with Crippen molar-refractivity contribution in [3.8, 4) is 0 Å². The summed E-state index contributed by atoms with van der Waals surface area (Å²) >= 11 is 11.7. The topological polar surface area (TPSA) is 84.2 Å². The monoisotopic (exact) mass is 313 g/mol. The molecule has 1 aromatic carbocycles. The average molecular weight is 314 g/mol. The number of rotatable bonds is 4. The molecule has 0 atom stereocenters. The van der Waals surface area contributed by atoms with Crippen molar-refractivity contribution in [2.45, 2.75) is 6.54 Å². The summed E-state index contributed by atoms with van der Waals surface area (Å²) in [4.78, 5) is 22.4. The predicted octanol–water partition coefficient (Wildman–Crippen LogP) is 2.53. The molecule has 2 rings (SSSR count). The van der Waals surface area contributed by atoms with Crippen LogP contribution in [0, 0.1) is 0 Å². The van der Waals surface area contributed by atoms with Crippen LogP contribution in [-0.2, 0) is 11.3 Å². The summed E-state index contributed by atoms with van der Waals surface area (Å²) in [5.74, 6) is -1.53. The summed E-state index contributed by atoms with van der Waals surface area (Å²) in [7, 11) is 0. The van der Waals surface area contributed by atoms with Crippen LogP contribution in [0.2, 0.25) is 10.0 Å². The Hall–Kier alpha value is -2.05. The minimum absolute atomic E-state index is 0.0947. The summed E-state index contributed by atoms with van der Waals surface area (Å²) in [6, 6.07) is 6.08. The van der Waals surface area contributed by atoms with Gasteiger partial charge in [-0.3, -0.25) is 14.3 Å². The van der Waals surface area contributed by atoms with E-state index >= 15 is 0 Å². The predicted molar refractivity (Wildman–Crippen MR) is 74.3 cm³/mol. The molecule has 1 aromatic heterocycles. The average Bonchev–Trinajstić information content (AvgIpc) is 2.80. The SMILES string of the molecule is O=C(O)Cn1ccc(C(=O)Nc2ccc(Cl)cc2Cl)n1. The molecule has 2 N–H and O–H groups in total. The first-order valence-electron chi connectivity index (χ1n) is 5.47. The van der Waals surface area contributed by atoms with Crippen LogP contribution < -0.4 is 5.32 Å². The Balaban J connectivity index is 2.11. The number of hydrogen-bond donors (Lipinski definition) is 2. The zero-order chi connectivity index (χ0) is 14.7. The highest BCUT2D eigenvalue weighted by molar-refractivity contribution is 6.36. The van der Waals surface area contributed by atoms with E-state index in [-0.39, 0.29) is 12.2 Å². The number of halogens is 2. The van der Waals surface area contributed by atoms with Crippen LogP contribution >= 0.6 is 23.2 Å². The van der Waals surface area contributed by atoms with Crippen molar-refractivity contribution in [2.24, 2.45) is 0 Å². The molecule has 0 aliphatic rings. The minimum atomic E-state index is -1.04. The molecule has 0 saturated heterocycles. The third kappa shape index (κ3) is 3.49. The van der Waals surface area contributed by atoms with Gasteiger partial charge in [-0.15, -0.1) is 0 Å². The molecule has 8 heteroatoms. The van der Waals surface area contributed by atoms with E-state index in [1.165, 1.54) is 18.3 Å². The van der Waals surface area contributed by atoms with E-state index in [9.17, 15) is 9.59 Å². The largest absolute Gasteiger partial charge is 0.480 e. The maximum atomic E-state index is 11.9. The first-order valence-corrected chi connectivity index (χ1v) is 6.23. The van der Waals surface area contributed by atoms with E-state index in [4.69, 9.17) is 28.3 Å². The third-order valence-corrected chi connectivity index (χ3v) is 2.90. The molecule has 0 radical (unpaired) electrons. The fraction of sp³-hybridized carbons (Fsp3) is 0.0833. The number of carbonyl (C=O) groups is 2. The highest BCUT2D eigenvalue weighted by atomic mass is 35.5. The lowest BCUT2D eigenvalue weighted by Crippen LogP contribution is -2.15. The molecule has 1 heterocycles. The Morgan fingerprint density at radius 2 is 2.05 bits per heavy atom. The van der Waals surface area contributed by atoms with E-state index in [2.05, 4.69) is 10.4 Å². The van der Waals surface area contributed by atoms with Gasteiger partial charge in [0.25, 0.3) is 5.91 Å². The first kappa shape index (κ1) is 14.4. The molecule has 0 bridgehead atoms. The number of aromatic nitrogens is 2. The van der Waals surface area contributed by atoms with Gasteiger partial charge in [-0.25, -0.2) is 0 Å². The zero-order valence-electron chi connectivity index (χ0n) is 10.0. The number of carbonyl (C=O) groups excluding carboxylic acids is 1. The number of aliphatic carboxylic acids is 1. The summed E-state index contributed by atoms with van der Waals surface area (Å²) in [6.07, 6.45) is 1.41. The van der Waals surface area contributed by atoms with Crippen LogP contribution in [0.25, 0.3) is 0 Å². The van der Waals surface area contributed by atoms with Crippen molar-refractivity contribution in [1.82, 2.24) is 9.78 Å². The van der Waals surface area contributed by atoms with Crippen molar-refractivity contribution >= 4 is 40.8 Å². The molecule has 20 heavy (non-hydrogen) atoms. The quantitative estimate of drug-likeness (QED) is 0.908. The van der Waals surface area contributed by atoms with E-state index < -0.39 is 11.9 Å². The molecule has 0 spiro atoms. The smallest absolute Gasteiger partial charge is 0.325 e. The molecule has 0 fully saturated rings. The number of nitrogens with zero attached hydrogens (tertiary/aromatic N) is 2. The van der Waals surface area contributed by atoms with Gasteiger partial charge in [0.2, 0.25) is 0 Å². The Kier molecular flexibility index (Phi) is 4.26. The fourth-order valence-corrected chi connectivity index (χ4v) is 1.94. The van der Waals surface area contributed by atoms with Crippen LogP contribution in [0.5, 0.6) is 0 Å². The van der Waals surface area contributed by atoms with E-state index in [0.29, 0.717) is 15.7 Å². The molecule has 2 aromatic rings. The molecule has 0 saturated carbocycles. The summed E-state index contributed by atoms with van der Waals surface area (Å²) in [5, 5.41) is 15.8. The Morgan fingerprint density at radius 1 is 1.30 bits per heavy atom. The van der Waals surface area contributed by atoms with Crippen LogP contribution in [0.3, 0.4) is 0 Å². The number of anilines is 1. The van der Waals surface area contributed by atoms with Crippen molar-refractivity contribution < 1.29 is 14.7 Å².